The van der Waals surface area contributed by atoms with Gasteiger partial charge in [0.2, 0.25) is 0 Å². The van der Waals surface area contributed by atoms with Crippen LogP contribution < -0.4 is 5.73 Å². The van der Waals surface area contributed by atoms with E-state index in [1.165, 1.54) is 48.1 Å². The van der Waals surface area contributed by atoms with Crippen molar-refractivity contribution in [3.8, 4) is 0 Å². The molecule has 0 aromatic heterocycles. The molecule has 0 spiro atoms. The van der Waals surface area contributed by atoms with E-state index in [9.17, 15) is 0 Å². The molecule has 0 heterocycles. The van der Waals surface area contributed by atoms with Crippen molar-refractivity contribution >= 4 is 17.8 Å². The molecule has 2 rings (SSSR count). The van der Waals surface area contributed by atoms with Gasteiger partial charge in [0.25, 0.3) is 0 Å². The van der Waals surface area contributed by atoms with Crippen molar-refractivity contribution in [3.05, 3.63) is 35.4 Å². The largest absolute Gasteiger partial charge is 0.327 e. The third-order valence-electron chi connectivity index (χ3n) is 3.83. The summed E-state index contributed by atoms with van der Waals surface area (Å²) >= 11 is 1.78. The minimum Gasteiger partial charge on any atom is -0.327 e. The van der Waals surface area contributed by atoms with Crippen molar-refractivity contribution in [3.63, 3.8) is 0 Å². The highest BCUT2D eigenvalue weighted by Gasteiger charge is 2.16. The Hall–Kier alpha value is -0.730. The van der Waals surface area contributed by atoms with Crippen LogP contribution in [0.25, 0.3) is 6.08 Å². The maximum Gasteiger partial charge on any atom is 0.0142 e. The maximum atomic E-state index is 5.94. The molecule has 0 saturated heterocycles. The van der Waals surface area contributed by atoms with Crippen LogP contribution in [0.4, 0.5) is 0 Å². The van der Waals surface area contributed by atoms with Gasteiger partial charge in [0.15, 0.2) is 0 Å². The lowest BCUT2D eigenvalue weighted by Gasteiger charge is -2.24. The van der Waals surface area contributed by atoms with Gasteiger partial charge in [0.05, 0.1) is 0 Å². The Labute approximate surface area is 115 Å². The molecule has 1 aromatic carbocycles. The van der Waals surface area contributed by atoms with Gasteiger partial charge in [-0.3, -0.25) is 0 Å². The number of hydrogen-bond acceptors (Lipinski definition) is 2. The highest BCUT2D eigenvalue weighted by molar-refractivity contribution is 7.98. The molecule has 98 valence electrons. The quantitative estimate of drug-likeness (QED) is 0.816. The van der Waals surface area contributed by atoms with Gasteiger partial charge in [-0.25, -0.2) is 0 Å². The Kier molecular flexibility index (Phi) is 5.33. The van der Waals surface area contributed by atoms with Crippen LogP contribution in [0, 0.1) is 5.92 Å². The third-order valence-corrected chi connectivity index (χ3v) is 4.58. The van der Waals surface area contributed by atoms with E-state index in [2.05, 4.69) is 36.6 Å². The summed E-state index contributed by atoms with van der Waals surface area (Å²) in [6.45, 7) is 0.703. The molecule has 1 aliphatic rings. The number of nitrogens with two attached hydrogens (primary N) is 1. The third kappa shape index (κ3) is 3.63. The molecular formula is C16H23NS. The first kappa shape index (κ1) is 13.7. The highest BCUT2D eigenvalue weighted by Crippen LogP contribution is 2.30. The van der Waals surface area contributed by atoms with Crippen molar-refractivity contribution in [1.29, 1.82) is 0 Å². The topological polar surface area (TPSA) is 26.0 Å². The summed E-state index contributed by atoms with van der Waals surface area (Å²) in [6.07, 6.45) is 11.2. The summed E-state index contributed by atoms with van der Waals surface area (Å²) in [5, 5.41) is 0. The van der Waals surface area contributed by atoms with E-state index in [0.717, 1.165) is 5.92 Å². The number of benzene rings is 1. The minimum absolute atomic E-state index is 0.703. The summed E-state index contributed by atoms with van der Waals surface area (Å²) < 4.78 is 0. The Morgan fingerprint density at radius 1 is 1.22 bits per heavy atom. The number of thioether (sulfide) groups is 1. The zero-order valence-electron chi connectivity index (χ0n) is 11.2. The van der Waals surface area contributed by atoms with Gasteiger partial charge in [0.1, 0.15) is 0 Å². The molecule has 1 fully saturated rings. The van der Waals surface area contributed by atoms with E-state index >= 15 is 0 Å². The lowest BCUT2D eigenvalue weighted by molar-refractivity contribution is 0.401. The molecule has 0 amide bonds. The SMILES string of the molecule is CSc1ccc(C=C(CN)C2CCCCC2)cc1. The molecule has 1 aromatic rings. The first-order valence-corrected chi connectivity index (χ1v) is 8.10. The van der Waals surface area contributed by atoms with Crippen LogP contribution in [-0.2, 0) is 0 Å². The van der Waals surface area contributed by atoms with Gasteiger partial charge in [-0.05, 0) is 42.7 Å². The molecule has 1 aliphatic carbocycles. The zero-order chi connectivity index (χ0) is 12.8. The molecule has 2 heteroatoms. The van der Waals surface area contributed by atoms with Crippen molar-refractivity contribution in [1.82, 2.24) is 0 Å². The smallest absolute Gasteiger partial charge is 0.0142 e. The van der Waals surface area contributed by atoms with E-state index in [-0.39, 0.29) is 0 Å². The maximum absolute atomic E-state index is 5.94. The molecule has 2 N–H and O–H groups in total. The number of rotatable bonds is 4. The second-order valence-corrected chi connectivity index (χ2v) is 5.91. The average molecular weight is 261 g/mol. The van der Waals surface area contributed by atoms with E-state index in [0.29, 0.717) is 6.54 Å². The highest BCUT2D eigenvalue weighted by atomic mass is 32.2. The second kappa shape index (κ2) is 7.01. The van der Waals surface area contributed by atoms with Gasteiger partial charge < -0.3 is 5.73 Å². The summed E-state index contributed by atoms with van der Waals surface area (Å²) in [5.74, 6) is 0.726. The summed E-state index contributed by atoms with van der Waals surface area (Å²) in [5.41, 5.74) is 8.66. The molecule has 1 saturated carbocycles. The Morgan fingerprint density at radius 2 is 1.89 bits per heavy atom. The lowest BCUT2D eigenvalue weighted by Crippen LogP contribution is -2.16. The van der Waals surface area contributed by atoms with Crippen LogP contribution in [-0.4, -0.2) is 12.8 Å². The van der Waals surface area contributed by atoms with Crippen molar-refractivity contribution in [2.24, 2.45) is 11.7 Å². The summed E-state index contributed by atoms with van der Waals surface area (Å²) in [7, 11) is 0. The van der Waals surface area contributed by atoms with Gasteiger partial charge in [-0.1, -0.05) is 43.0 Å². The van der Waals surface area contributed by atoms with Gasteiger partial charge in [-0.2, -0.15) is 0 Å². The van der Waals surface area contributed by atoms with Crippen molar-refractivity contribution in [2.45, 2.75) is 37.0 Å². The van der Waals surface area contributed by atoms with Crippen molar-refractivity contribution < 1.29 is 0 Å². The molecule has 0 unspecified atom stereocenters. The Balaban J connectivity index is 2.11. The van der Waals surface area contributed by atoms with Crippen molar-refractivity contribution in [2.75, 3.05) is 12.8 Å². The average Bonchev–Trinajstić information content (AvgIpc) is 2.46. The van der Waals surface area contributed by atoms with E-state index in [4.69, 9.17) is 5.73 Å². The summed E-state index contributed by atoms with van der Waals surface area (Å²) in [4.78, 5) is 1.32. The van der Waals surface area contributed by atoms with Crippen LogP contribution in [0.1, 0.15) is 37.7 Å². The first-order chi connectivity index (χ1) is 8.83. The van der Waals surface area contributed by atoms with Crippen LogP contribution in [0.2, 0.25) is 0 Å². The lowest BCUT2D eigenvalue weighted by atomic mass is 9.83. The predicted molar refractivity (Wildman–Crippen MR) is 81.8 cm³/mol. The van der Waals surface area contributed by atoms with Gasteiger partial charge in [0, 0.05) is 11.4 Å². The summed E-state index contributed by atoms with van der Waals surface area (Å²) in [6, 6.07) is 8.77. The first-order valence-electron chi connectivity index (χ1n) is 6.88. The fourth-order valence-electron chi connectivity index (χ4n) is 2.73. The monoisotopic (exact) mass is 261 g/mol. The minimum atomic E-state index is 0.703. The molecule has 0 aliphatic heterocycles. The van der Waals surface area contributed by atoms with Crippen LogP contribution in [0.15, 0.2) is 34.7 Å². The molecular weight excluding hydrogens is 238 g/mol. The fraction of sp³-hybridized carbons (Fsp3) is 0.500. The van der Waals surface area contributed by atoms with Crippen LogP contribution in [0.5, 0.6) is 0 Å². The van der Waals surface area contributed by atoms with Gasteiger partial charge >= 0.3 is 0 Å². The Morgan fingerprint density at radius 3 is 2.44 bits per heavy atom. The fourth-order valence-corrected chi connectivity index (χ4v) is 3.14. The Bertz CT molecular complexity index is 388. The molecule has 0 bridgehead atoms. The van der Waals surface area contributed by atoms with E-state index in [1.54, 1.807) is 11.8 Å². The molecule has 1 nitrogen and oxygen atoms in total. The van der Waals surface area contributed by atoms with E-state index in [1.807, 2.05) is 0 Å². The standard InChI is InChI=1S/C16H23NS/c1-18-16-9-7-13(8-10-16)11-15(12-17)14-5-3-2-4-6-14/h7-11,14H,2-6,12,17H2,1H3. The van der Waals surface area contributed by atoms with Gasteiger partial charge in [-0.15, -0.1) is 11.8 Å². The van der Waals surface area contributed by atoms with Crippen LogP contribution in [0.3, 0.4) is 0 Å². The molecule has 18 heavy (non-hydrogen) atoms. The second-order valence-electron chi connectivity index (χ2n) is 5.03. The zero-order valence-corrected chi connectivity index (χ0v) is 12.0. The molecule has 0 atom stereocenters. The number of hydrogen-bond donors (Lipinski definition) is 1. The predicted octanol–water partition coefficient (Wildman–Crippen LogP) is 4.33. The van der Waals surface area contributed by atoms with E-state index < -0.39 is 0 Å². The molecule has 0 radical (unpaired) electrons. The van der Waals surface area contributed by atoms with Crippen LogP contribution >= 0.6 is 11.8 Å². The normalized spacial score (nSPS) is 18.0.